The highest BCUT2D eigenvalue weighted by atomic mass is 19.1. The summed E-state index contributed by atoms with van der Waals surface area (Å²) in [4.78, 5) is 0. The lowest BCUT2D eigenvalue weighted by Gasteiger charge is -2.09. The number of halogens is 2. The molecule has 4 rings (SSSR count). The highest BCUT2D eigenvalue weighted by Gasteiger charge is 2.25. The third-order valence-electron chi connectivity index (χ3n) is 4.44. The molecule has 1 N–H and O–H groups in total. The zero-order valence-corrected chi connectivity index (χ0v) is 14.4. The normalized spacial score (nSPS) is 10.9. The molecule has 0 bridgehead atoms. The summed E-state index contributed by atoms with van der Waals surface area (Å²) in [6.07, 6.45) is 0. The first-order valence-electron chi connectivity index (χ1n) is 8.35. The summed E-state index contributed by atoms with van der Waals surface area (Å²) in [7, 11) is 0. The standard InChI is InChI=1S/C22H15F2NO2/c1-13-5-2-3-6-16(13)19-21(20-17(23)7-4-8-18(20)24)25-27-22(19)14-9-11-15(26)12-10-14/h2-12,26H,1H3. The van der Waals surface area contributed by atoms with Crippen molar-refractivity contribution in [2.45, 2.75) is 6.92 Å². The number of aromatic hydroxyl groups is 1. The van der Waals surface area contributed by atoms with Crippen LogP contribution in [0.4, 0.5) is 8.78 Å². The first-order valence-corrected chi connectivity index (χ1v) is 8.35. The predicted octanol–water partition coefficient (Wildman–Crippen LogP) is 5.97. The van der Waals surface area contributed by atoms with E-state index >= 15 is 0 Å². The number of nitrogens with zero attached hydrogens (tertiary/aromatic N) is 1. The van der Waals surface area contributed by atoms with Crippen molar-refractivity contribution in [3.05, 3.63) is 83.9 Å². The Labute approximate surface area is 154 Å². The molecule has 0 atom stereocenters. The fourth-order valence-electron chi connectivity index (χ4n) is 3.10. The quantitative estimate of drug-likeness (QED) is 0.488. The molecule has 0 spiro atoms. The molecule has 1 aromatic heterocycles. The molecule has 0 aliphatic carbocycles. The van der Waals surface area contributed by atoms with E-state index in [0.29, 0.717) is 16.9 Å². The SMILES string of the molecule is Cc1ccccc1-c1c(-c2c(F)cccc2F)noc1-c1ccc(O)cc1. The highest BCUT2D eigenvalue weighted by molar-refractivity contribution is 5.91. The maximum Gasteiger partial charge on any atom is 0.175 e. The molecule has 0 unspecified atom stereocenters. The molecule has 0 amide bonds. The van der Waals surface area contributed by atoms with Gasteiger partial charge in [-0.15, -0.1) is 0 Å². The molecule has 0 saturated heterocycles. The van der Waals surface area contributed by atoms with Gasteiger partial charge in [0.05, 0.1) is 11.1 Å². The van der Waals surface area contributed by atoms with E-state index in [1.54, 1.807) is 12.1 Å². The lowest BCUT2D eigenvalue weighted by Crippen LogP contribution is -1.93. The molecular weight excluding hydrogens is 348 g/mol. The summed E-state index contributed by atoms with van der Waals surface area (Å²) in [5.74, 6) is -0.941. The Kier molecular flexibility index (Phi) is 4.20. The molecule has 0 radical (unpaired) electrons. The molecule has 4 aromatic rings. The van der Waals surface area contributed by atoms with Gasteiger partial charge in [-0.05, 0) is 54.4 Å². The number of hydrogen-bond donors (Lipinski definition) is 1. The molecular formula is C22H15F2NO2. The molecule has 1 heterocycles. The molecule has 3 aromatic carbocycles. The summed E-state index contributed by atoms with van der Waals surface area (Å²) in [5, 5.41) is 13.6. The smallest absolute Gasteiger partial charge is 0.175 e. The minimum Gasteiger partial charge on any atom is -0.508 e. The maximum absolute atomic E-state index is 14.4. The van der Waals surface area contributed by atoms with E-state index in [2.05, 4.69) is 5.16 Å². The van der Waals surface area contributed by atoms with E-state index in [1.165, 1.54) is 30.3 Å². The Morgan fingerprint density at radius 1 is 0.815 bits per heavy atom. The zero-order valence-electron chi connectivity index (χ0n) is 14.4. The minimum atomic E-state index is -0.713. The van der Waals surface area contributed by atoms with Gasteiger partial charge in [0.1, 0.15) is 23.1 Å². The van der Waals surface area contributed by atoms with Gasteiger partial charge in [0.2, 0.25) is 0 Å². The Hall–Kier alpha value is -3.47. The second-order valence-corrected chi connectivity index (χ2v) is 6.19. The number of phenolic OH excluding ortho intramolecular Hbond substituents is 1. The van der Waals surface area contributed by atoms with Crippen molar-refractivity contribution in [3.63, 3.8) is 0 Å². The lowest BCUT2D eigenvalue weighted by atomic mass is 9.93. The third kappa shape index (κ3) is 2.97. The van der Waals surface area contributed by atoms with E-state index in [0.717, 1.165) is 11.1 Å². The molecule has 134 valence electrons. The highest BCUT2D eigenvalue weighted by Crippen LogP contribution is 2.42. The first-order chi connectivity index (χ1) is 13.1. The molecule has 5 heteroatoms. The summed E-state index contributed by atoms with van der Waals surface area (Å²) < 4.78 is 34.4. The van der Waals surface area contributed by atoms with Gasteiger partial charge in [0, 0.05) is 5.56 Å². The number of benzene rings is 3. The van der Waals surface area contributed by atoms with Crippen LogP contribution in [0.2, 0.25) is 0 Å². The molecule has 0 aliphatic heterocycles. The van der Waals surface area contributed by atoms with Crippen molar-refractivity contribution in [2.24, 2.45) is 0 Å². The van der Waals surface area contributed by atoms with Crippen LogP contribution < -0.4 is 0 Å². The van der Waals surface area contributed by atoms with Crippen molar-refractivity contribution in [2.75, 3.05) is 0 Å². The Morgan fingerprint density at radius 3 is 2.15 bits per heavy atom. The number of phenols is 1. The van der Waals surface area contributed by atoms with Gasteiger partial charge < -0.3 is 9.63 Å². The number of hydrogen-bond acceptors (Lipinski definition) is 3. The van der Waals surface area contributed by atoms with Crippen molar-refractivity contribution in [1.29, 1.82) is 0 Å². The van der Waals surface area contributed by atoms with Crippen molar-refractivity contribution in [3.8, 4) is 39.5 Å². The van der Waals surface area contributed by atoms with Crippen molar-refractivity contribution >= 4 is 0 Å². The summed E-state index contributed by atoms with van der Waals surface area (Å²) >= 11 is 0. The summed E-state index contributed by atoms with van der Waals surface area (Å²) in [6, 6.07) is 17.5. The molecule has 0 aliphatic rings. The fourth-order valence-corrected chi connectivity index (χ4v) is 3.10. The molecule has 3 nitrogen and oxygen atoms in total. The Balaban J connectivity index is 2.04. The van der Waals surface area contributed by atoms with Crippen LogP contribution in [0.3, 0.4) is 0 Å². The molecule has 0 saturated carbocycles. The largest absolute Gasteiger partial charge is 0.508 e. The fraction of sp³-hybridized carbons (Fsp3) is 0.0455. The average Bonchev–Trinajstić information content (AvgIpc) is 3.07. The topological polar surface area (TPSA) is 46.3 Å². The second kappa shape index (κ2) is 6.68. The van der Waals surface area contributed by atoms with Crippen LogP contribution in [0.15, 0.2) is 71.3 Å². The number of aryl methyl sites for hydroxylation is 1. The van der Waals surface area contributed by atoms with Gasteiger partial charge in [-0.25, -0.2) is 8.78 Å². The van der Waals surface area contributed by atoms with Gasteiger partial charge >= 0.3 is 0 Å². The Morgan fingerprint density at radius 2 is 1.48 bits per heavy atom. The van der Waals surface area contributed by atoms with Crippen LogP contribution >= 0.6 is 0 Å². The lowest BCUT2D eigenvalue weighted by molar-refractivity contribution is 0.433. The minimum absolute atomic E-state index is 0.1000. The number of aromatic nitrogens is 1. The second-order valence-electron chi connectivity index (χ2n) is 6.19. The summed E-state index contributed by atoms with van der Waals surface area (Å²) in [6.45, 7) is 1.91. The van der Waals surface area contributed by atoms with Crippen LogP contribution in [0, 0.1) is 18.6 Å². The van der Waals surface area contributed by atoms with E-state index in [4.69, 9.17) is 4.52 Å². The third-order valence-corrected chi connectivity index (χ3v) is 4.44. The van der Waals surface area contributed by atoms with Crippen LogP contribution in [-0.2, 0) is 0 Å². The van der Waals surface area contributed by atoms with Crippen LogP contribution in [0.5, 0.6) is 5.75 Å². The zero-order chi connectivity index (χ0) is 19.0. The van der Waals surface area contributed by atoms with E-state index in [-0.39, 0.29) is 17.0 Å². The van der Waals surface area contributed by atoms with Crippen LogP contribution in [0.25, 0.3) is 33.7 Å². The molecule has 0 fully saturated rings. The van der Waals surface area contributed by atoms with Gasteiger partial charge in [0.15, 0.2) is 5.76 Å². The predicted molar refractivity (Wildman–Crippen MR) is 99.1 cm³/mol. The number of rotatable bonds is 3. The van der Waals surface area contributed by atoms with Crippen molar-refractivity contribution in [1.82, 2.24) is 5.16 Å². The van der Waals surface area contributed by atoms with Gasteiger partial charge in [-0.1, -0.05) is 35.5 Å². The van der Waals surface area contributed by atoms with Crippen molar-refractivity contribution < 1.29 is 18.4 Å². The van der Waals surface area contributed by atoms with Gasteiger partial charge in [0.25, 0.3) is 0 Å². The molecule has 27 heavy (non-hydrogen) atoms. The first kappa shape index (κ1) is 17.0. The maximum atomic E-state index is 14.4. The van der Waals surface area contributed by atoms with Gasteiger partial charge in [-0.2, -0.15) is 0 Å². The Bertz CT molecular complexity index is 1100. The van der Waals surface area contributed by atoms with E-state index in [9.17, 15) is 13.9 Å². The van der Waals surface area contributed by atoms with E-state index < -0.39 is 11.6 Å². The summed E-state index contributed by atoms with van der Waals surface area (Å²) in [5.41, 5.74) is 2.69. The van der Waals surface area contributed by atoms with Crippen LogP contribution in [-0.4, -0.2) is 10.3 Å². The van der Waals surface area contributed by atoms with Crippen LogP contribution in [0.1, 0.15) is 5.56 Å². The van der Waals surface area contributed by atoms with E-state index in [1.807, 2.05) is 31.2 Å². The monoisotopic (exact) mass is 363 g/mol. The average molecular weight is 363 g/mol. The van der Waals surface area contributed by atoms with Gasteiger partial charge in [-0.3, -0.25) is 0 Å².